The largest absolute Gasteiger partial charge is 0.495 e. The van der Waals surface area contributed by atoms with Crippen molar-refractivity contribution in [3.05, 3.63) is 23.8 Å². The Morgan fingerprint density at radius 1 is 1.37 bits per heavy atom. The molecule has 5 heteroatoms. The number of hydrogen-bond donors (Lipinski definition) is 1. The fourth-order valence-corrected chi connectivity index (χ4v) is 2.18. The molecular weight excluding hydrogens is 244 g/mol. The highest BCUT2D eigenvalue weighted by Gasteiger charge is 2.26. The van der Waals surface area contributed by atoms with Gasteiger partial charge in [0, 0.05) is 13.0 Å². The van der Waals surface area contributed by atoms with Crippen LogP contribution in [0.15, 0.2) is 18.2 Å². The van der Waals surface area contributed by atoms with E-state index in [4.69, 9.17) is 4.74 Å². The molecule has 0 aromatic heterocycles. The van der Waals surface area contributed by atoms with Gasteiger partial charge in [-0.1, -0.05) is 19.4 Å². The Labute approximate surface area is 112 Å². The Morgan fingerprint density at radius 3 is 2.79 bits per heavy atom. The van der Waals surface area contributed by atoms with Crippen molar-refractivity contribution in [2.75, 3.05) is 18.6 Å². The molecule has 1 aliphatic rings. The van der Waals surface area contributed by atoms with E-state index in [-0.39, 0.29) is 11.9 Å². The molecule has 0 bridgehead atoms. The molecule has 19 heavy (non-hydrogen) atoms. The number of amides is 3. The second-order valence-corrected chi connectivity index (χ2v) is 4.51. The molecule has 0 unspecified atom stereocenters. The maximum atomic E-state index is 11.9. The van der Waals surface area contributed by atoms with E-state index in [0.29, 0.717) is 18.7 Å². The molecule has 1 aliphatic heterocycles. The number of nitrogens with one attached hydrogen (secondary N) is 1. The van der Waals surface area contributed by atoms with E-state index in [2.05, 4.69) is 12.2 Å². The number of rotatable bonds is 4. The molecule has 1 heterocycles. The van der Waals surface area contributed by atoms with Gasteiger partial charge in [-0.15, -0.1) is 0 Å². The van der Waals surface area contributed by atoms with Gasteiger partial charge in [-0.2, -0.15) is 0 Å². The second-order valence-electron chi connectivity index (χ2n) is 4.51. The van der Waals surface area contributed by atoms with Crippen LogP contribution in [-0.4, -0.2) is 25.6 Å². The van der Waals surface area contributed by atoms with Crippen LogP contribution in [0.5, 0.6) is 5.75 Å². The minimum absolute atomic E-state index is 0.232. The number of ether oxygens (including phenoxy) is 1. The molecule has 0 saturated carbocycles. The van der Waals surface area contributed by atoms with Gasteiger partial charge in [0.15, 0.2) is 0 Å². The third-order valence-corrected chi connectivity index (χ3v) is 3.13. The van der Waals surface area contributed by atoms with Gasteiger partial charge in [-0.3, -0.25) is 15.0 Å². The molecule has 0 aliphatic carbocycles. The molecule has 1 aromatic rings. The van der Waals surface area contributed by atoms with Crippen LogP contribution in [0.4, 0.5) is 10.5 Å². The first-order valence-electron chi connectivity index (χ1n) is 6.44. The average Bonchev–Trinajstić information content (AvgIpc) is 2.39. The monoisotopic (exact) mass is 262 g/mol. The van der Waals surface area contributed by atoms with Crippen LogP contribution in [0.1, 0.15) is 25.3 Å². The van der Waals surface area contributed by atoms with Gasteiger partial charge in [0.25, 0.3) is 0 Å². The fourth-order valence-electron chi connectivity index (χ4n) is 2.18. The first-order valence-corrected chi connectivity index (χ1v) is 6.44. The summed E-state index contributed by atoms with van der Waals surface area (Å²) >= 11 is 0. The van der Waals surface area contributed by atoms with Crippen molar-refractivity contribution in [2.45, 2.75) is 26.2 Å². The zero-order valence-electron chi connectivity index (χ0n) is 11.2. The number of anilines is 1. The summed E-state index contributed by atoms with van der Waals surface area (Å²) in [5, 5.41) is 2.32. The Kier molecular flexibility index (Phi) is 4.04. The highest BCUT2D eigenvalue weighted by Crippen LogP contribution is 2.30. The number of carbonyl (C=O) groups is 2. The van der Waals surface area contributed by atoms with Crippen LogP contribution >= 0.6 is 0 Å². The van der Waals surface area contributed by atoms with E-state index in [1.54, 1.807) is 12.0 Å². The molecule has 0 radical (unpaired) electrons. The molecule has 5 nitrogen and oxygen atoms in total. The number of hydrogen-bond acceptors (Lipinski definition) is 3. The predicted molar refractivity (Wildman–Crippen MR) is 72.5 cm³/mol. The molecule has 1 N–H and O–H groups in total. The van der Waals surface area contributed by atoms with Gasteiger partial charge in [0.2, 0.25) is 5.91 Å². The Hall–Kier alpha value is -2.04. The zero-order chi connectivity index (χ0) is 13.8. The number of benzene rings is 1. The summed E-state index contributed by atoms with van der Waals surface area (Å²) in [7, 11) is 1.57. The van der Waals surface area contributed by atoms with Crippen molar-refractivity contribution in [3.8, 4) is 5.75 Å². The lowest BCUT2D eigenvalue weighted by atomic mass is 10.1. The third-order valence-electron chi connectivity index (χ3n) is 3.13. The van der Waals surface area contributed by atoms with Crippen LogP contribution in [0.2, 0.25) is 0 Å². The van der Waals surface area contributed by atoms with Crippen molar-refractivity contribution in [2.24, 2.45) is 0 Å². The van der Waals surface area contributed by atoms with Crippen molar-refractivity contribution in [3.63, 3.8) is 0 Å². The molecule has 0 atom stereocenters. The van der Waals surface area contributed by atoms with E-state index in [1.807, 2.05) is 18.2 Å². The minimum atomic E-state index is -0.386. The smallest absolute Gasteiger partial charge is 0.328 e. The lowest BCUT2D eigenvalue weighted by molar-refractivity contribution is -0.120. The van der Waals surface area contributed by atoms with E-state index >= 15 is 0 Å². The van der Waals surface area contributed by atoms with Crippen LogP contribution in [0, 0.1) is 0 Å². The zero-order valence-corrected chi connectivity index (χ0v) is 11.2. The van der Waals surface area contributed by atoms with E-state index < -0.39 is 0 Å². The Bertz CT molecular complexity index is 499. The molecular formula is C14H18N2O3. The van der Waals surface area contributed by atoms with Crippen molar-refractivity contribution < 1.29 is 14.3 Å². The highest BCUT2D eigenvalue weighted by atomic mass is 16.5. The van der Waals surface area contributed by atoms with Gasteiger partial charge >= 0.3 is 6.03 Å². The van der Waals surface area contributed by atoms with E-state index in [1.165, 1.54) is 0 Å². The van der Waals surface area contributed by atoms with Crippen LogP contribution in [0.3, 0.4) is 0 Å². The number of nitrogens with zero attached hydrogens (tertiary/aromatic N) is 1. The van der Waals surface area contributed by atoms with Gasteiger partial charge in [0.1, 0.15) is 5.75 Å². The maximum Gasteiger partial charge on any atom is 0.328 e. The van der Waals surface area contributed by atoms with Crippen LogP contribution in [0.25, 0.3) is 0 Å². The fraction of sp³-hybridized carbons (Fsp3) is 0.429. The number of urea groups is 1. The minimum Gasteiger partial charge on any atom is -0.495 e. The van der Waals surface area contributed by atoms with Crippen molar-refractivity contribution in [1.29, 1.82) is 0 Å². The quantitative estimate of drug-likeness (QED) is 0.904. The molecule has 2 rings (SSSR count). The number of aryl methyl sites for hydroxylation is 1. The summed E-state index contributed by atoms with van der Waals surface area (Å²) in [6.07, 6.45) is 2.30. The summed E-state index contributed by atoms with van der Waals surface area (Å²) in [5.74, 6) is 0.411. The van der Waals surface area contributed by atoms with Gasteiger partial charge in [-0.25, -0.2) is 4.79 Å². The first-order chi connectivity index (χ1) is 9.15. The normalized spacial score (nSPS) is 15.4. The molecule has 3 amide bonds. The standard InChI is InChI=1S/C14H18N2O3/c1-3-4-10-5-6-12(19-2)11(9-10)16-8-7-13(17)15-14(16)18/h5-6,9H,3-4,7-8H2,1-2H3,(H,15,17,18). The summed E-state index contributed by atoms with van der Waals surface area (Å²) in [6.45, 7) is 2.49. The molecule has 0 spiro atoms. The van der Waals surface area contributed by atoms with Gasteiger partial charge < -0.3 is 4.74 Å². The lowest BCUT2D eigenvalue weighted by Gasteiger charge is -2.28. The topological polar surface area (TPSA) is 58.6 Å². The van der Waals surface area contributed by atoms with Gasteiger partial charge in [0.05, 0.1) is 12.8 Å². The Morgan fingerprint density at radius 2 is 2.16 bits per heavy atom. The third kappa shape index (κ3) is 2.86. The van der Waals surface area contributed by atoms with Gasteiger partial charge in [-0.05, 0) is 24.1 Å². The van der Waals surface area contributed by atoms with Crippen LogP contribution in [-0.2, 0) is 11.2 Å². The number of methoxy groups -OCH3 is 1. The molecule has 1 saturated heterocycles. The molecule has 1 fully saturated rings. The number of carbonyl (C=O) groups excluding carboxylic acids is 2. The van der Waals surface area contributed by atoms with Crippen molar-refractivity contribution >= 4 is 17.6 Å². The average molecular weight is 262 g/mol. The predicted octanol–water partition coefficient (Wildman–Crippen LogP) is 2.09. The van der Waals surface area contributed by atoms with Crippen molar-refractivity contribution in [1.82, 2.24) is 5.32 Å². The summed E-state index contributed by atoms with van der Waals surface area (Å²) < 4.78 is 5.30. The SMILES string of the molecule is CCCc1ccc(OC)c(N2CCC(=O)NC2=O)c1. The first kappa shape index (κ1) is 13.4. The molecule has 102 valence electrons. The number of imide groups is 1. The lowest BCUT2D eigenvalue weighted by Crippen LogP contribution is -2.49. The maximum absolute atomic E-state index is 11.9. The second kappa shape index (κ2) is 5.73. The summed E-state index contributed by atoms with van der Waals surface area (Å²) in [5.41, 5.74) is 1.88. The molecule has 1 aromatic carbocycles. The van der Waals surface area contributed by atoms with E-state index in [9.17, 15) is 9.59 Å². The van der Waals surface area contributed by atoms with Crippen LogP contribution < -0.4 is 15.0 Å². The summed E-state index contributed by atoms with van der Waals surface area (Å²) in [4.78, 5) is 24.6. The highest BCUT2D eigenvalue weighted by molar-refractivity contribution is 6.06. The Balaban J connectivity index is 2.33. The van der Waals surface area contributed by atoms with E-state index in [0.717, 1.165) is 24.1 Å². The summed E-state index contributed by atoms with van der Waals surface area (Å²) in [6, 6.07) is 5.43.